The van der Waals surface area contributed by atoms with Crippen molar-refractivity contribution < 1.29 is 14.3 Å². The first-order valence-electron chi connectivity index (χ1n) is 9.71. The summed E-state index contributed by atoms with van der Waals surface area (Å²) in [5.74, 6) is 2.63. The van der Waals surface area contributed by atoms with Gasteiger partial charge in [-0.2, -0.15) is 0 Å². The van der Waals surface area contributed by atoms with Crippen LogP contribution in [0.25, 0.3) is 23.3 Å². The topological polar surface area (TPSA) is 108 Å². The number of benzene rings is 1. The summed E-state index contributed by atoms with van der Waals surface area (Å²) in [5, 5.41) is 0. The van der Waals surface area contributed by atoms with Crippen LogP contribution in [0.2, 0.25) is 0 Å². The van der Waals surface area contributed by atoms with Crippen molar-refractivity contribution in [2.75, 3.05) is 13.2 Å². The lowest BCUT2D eigenvalue weighted by molar-refractivity contribution is -0.144. The molecule has 9 heteroatoms. The van der Waals surface area contributed by atoms with Gasteiger partial charge in [0.25, 0.3) is 5.56 Å². The Morgan fingerprint density at radius 3 is 2.52 bits per heavy atom. The van der Waals surface area contributed by atoms with E-state index in [1.165, 1.54) is 9.13 Å². The van der Waals surface area contributed by atoms with Crippen LogP contribution < -0.4 is 16.0 Å². The smallest absolute Gasteiger partial charge is 0.345 e. The molecule has 0 saturated heterocycles. The van der Waals surface area contributed by atoms with E-state index >= 15 is 0 Å². The molecule has 0 unspecified atom stereocenters. The summed E-state index contributed by atoms with van der Waals surface area (Å²) in [4.78, 5) is 43.8. The average Bonchev–Trinajstić information content (AvgIpc) is 3.20. The summed E-state index contributed by atoms with van der Waals surface area (Å²) in [6.07, 6.45) is 8.54. The number of carbonyl (C=O) groups is 1. The van der Waals surface area contributed by atoms with E-state index in [4.69, 9.17) is 15.9 Å². The molecular formula is C22H22N4O5. The molecule has 3 aromatic rings. The number of nitrogens with one attached hydrogen (secondary N) is 1. The number of aryl methyl sites for hydroxylation is 1. The lowest BCUT2D eigenvalue weighted by Crippen LogP contribution is -2.39. The molecule has 0 amide bonds. The number of aromatic amines is 1. The van der Waals surface area contributed by atoms with Crippen LogP contribution in [0.3, 0.4) is 0 Å². The number of hydrogen-bond acceptors (Lipinski definition) is 6. The fourth-order valence-corrected chi connectivity index (χ4v) is 2.98. The van der Waals surface area contributed by atoms with Crippen molar-refractivity contribution in [3.05, 3.63) is 56.5 Å². The minimum Gasteiger partial charge on any atom is -0.482 e. The Morgan fingerprint density at radius 1 is 1.16 bits per heavy atom. The lowest BCUT2D eigenvalue weighted by atomic mass is 10.2. The normalized spacial score (nSPS) is 11.0. The highest BCUT2D eigenvalue weighted by Gasteiger charge is 2.14. The van der Waals surface area contributed by atoms with E-state index in [-0.39, 0.29) is 31.0 Å². The van der Waals surface area contributed by atoms with Crippen molar-refractivity contribution >= 4 is 29.3 Å². The number of esters is 1. The first-order chi connectivity index (χ1) is 15.0. The standard InChI is InChI=1S/C22H22N4O5/c1-4-13-30-18(27)14-31-16-10-7-15(8-11-16)9-12-17-23-19-20(24-17)25(5-2)22(29)26(6-3)21(19)28/h1,7-12H,5-6,13-14H2,2-3H3,(H,23,24). The highest BCUT2D eigenvalue weighted by molar-refractivity contribution is 5.75. The van der Waals surface area contributed by atoms with Gasteiger partial charge in [-0.25, -0.2) is 14.6 Å². The third-order valence-corrected chi connectivity index (χ3v) is 4.50. The number of carbonyl (C=O) groups excluding carboxylic acids is 1. The Balaban J connectivity index is 1.77. The molecule has 0 spiro atoms. The molecule has 2 aromatic heterocycles. The molecule has 0 radical (unpaired) electrons. The van der Waals surface area contributed by atoms with Crippen molar-refractivity contribution in [2.45, 2.75) is 26.9 Å². The van der Waals surface area contributed by atoms with Crippen LogP contribution in [0.1, 0.15) is 25.2 Å². The van der Waals surface area contributed by atoms with Crippen molar-refractivity contribution in [1.82, 2.24) is 19.1 Å². The molecule has 0 atom stereocenters. The SMILES string of the molecule is C#CCOC(=O)COc1ccc(C=Cc2nc3c([nH]2)c(=O)n(CC)c(=O)n3CC)cc1. The predicted octanol–water partition coefficient (Wildman–Crippen LogP) is 1.65. The molecule has 9 nitrogen and oxygen atoms in total. The molecule has 0 aliphatic heterocycles. The number of H-pyrrole nitrogens is 1. The first kappa shape index (κ1) is 21.6. The van der Waals surface area contributed by atoms with Gasteiger partial charge in [0, 0.05) is 13.1 Å². The van der Waals surface area contributed by atoms with Crippen LogP contribution in [0.15, 0.2) is 33.9 Å². The molecule has 0 fully saturated rings. The quantitative estimate of drug-likeness (QED) is 0.437. The zero-order valence-electron chi connectivity index (χ0n) is 17.3. The largest absolute Gasteiger partial charge is 0.482 e. The summed E-state index contributed by atoms with van der Waals surface area (Å²) >= 11 is 0. The van der Waals surface area contributed by atoms with Gasteiger partial charge < -0.3 is 14.5 Å². The molecule has 31 heavy (non-hydrogen) atoms. The molecule has 0 aliphatic rings. The second-order valence-corrected chi connectivity index (χ2v) is 6.45. The molecule has 0 bridgehead atoms. The van der Waals surface area contributed by atoms with Crippen LogP contribution in [-0.2, 0) is 22.6 Å². The van der Waals surface area contributed by atoms with Crippen molar-refractivity contribution in [3.8, 4) is 18.1 Å². The second-order valence-electron chi connectivity index (χ2n) is 6.45. The lowest BCUT2D eigenvalue weighted by Gasteiger charge is -2.06. The third-order valence-electron chi connectivity index (χ3n) is 4.50. The van der Waals surface area contributed by atoms with E-state index in [1.807, 2.05) is 6.92 Å². The summed E-state index contributed by atoms with van der Waals surface area (Å²) in [6.45, 7) is 3.95. The molecule has 3 rings (SSSR count). The van der Waals surface area contributed by atoms with Crippen LogP contribution in [0, 0.1) is 12.3 Å². The Hall–Kier alpha value is -4.06. The van der Waals surface area contributed by atoms with Crippen LogP contribution >= 0.6 is 0 Å². The Bertz CT molecular complexity index is 1270. The third kappa shape index (κ3) is 4.75. The van der Waals surface area contributed by atoms with E-state index in [9.17, 15) is 14.4 Å². The number of hydrogen-bond donors (Lipinski definition) is 1. The minimum atomic E-state index is -0.542. The maximum absolute atomic E-state index is 12.5. The van der Waals surface area contributed by atoms with Crippen molar-refractivity contribution in [3.63, 3.8) is 0 Å². The van der Waals surface area contributed by atoms with Gasteiger partial charge in [0.1, 0.15) is 17.1 Å². The number of ether oxygens (including phenoxy) is 2. The maximum atomic E-state index is 12.5. The van der Waals surface area contributed by atoms with Crippen molar-refractivity contribution in [2.24, 2.45) is 0 Å². The number of terminal acetylenes is 1. The summed E-state index contributed by atoms with van der Waals surface area (Å²) in [7, 11) is 0. The van der Waals surface area contributed by atoms with Gasteiger partial charge in [-0.15, -0.1) is 6.42 Å². The molecule has 1 aromatic carbocycles. The molecule has 0 aliphatic carbocycles. The van der Waals surface area contributed by atoms with Crippen molar-refractivity contribution in [1.29, 1.82) is 0 Å². The fraction of sp³-hybridized carbons (Fsp3) is 0.273. The van der Waals surface area contributed by atoms with E-state index in [0.29, 0.717) is 29.3 Å². The van der Waals surface area contributed by atoms with Gasteiger partial charge in [0.15, 0.2) is 18.9 Å². The molecule has 0 saturated carbocycles. The van der Waals surface area contributed by atoms with Gasteiger partial charge >= 0.3 is 11.7 Å². The van der Waals surface area contributed by atoms with E-state index in [1.54, 1.807) is 43.3 Å². The van der Waals surface area contributed by atoms with Crippen LogP contribution in [0.5, 0.6) is 5.75 Å². The summed E-state index contributed by atoms with van der Waals surface area (Å²) in [6, 6.07) is 7.02. The second kappa shape index (κ2) is 9.63. The summed E-state index contributed by atoms with van der Waals surface area (Å²) in [5.41, 5.74) is 0.720. The zero-order valence-corrected chi connectivity index (χ0v) is 17.3. The van der Waals surface area contributed by atoms with Gasteiger partial charge in [-0.3, -0.25) is 13.9 Å². The Labute approximate surface area is 177 Å². The Morgan fingerprint density at radius 2 is 1.87 bits per heavy atom. The molecule has 160 valence electrons. The molecule has 2 heterocycles. The minimum absolute atomic E-state index is 0.0889. The maximum Gasteiger partial charge on any atom is 0.345 e. The van der Waals surface area contributed by atoms with E-state index < -0.39 is 5.97 Å². The fourth-order valence-electron chi connectivity index (χ4n) is 2.98. The number of imidazole rings is 1. The number of aromatic nitrogens is 4. The monoisotopic (exact) mass is 422 g/mol. The molecular weight excluding hydrogens is 400 g/mol. The highest BCUT2D eigenvalue weighted by atomic mass is 16.6. The van der Waals surface area contributed by atoms with E-state index in [2.05, 4.69) is 15.9 Å². The van der Waals surface area contributed by atoms with Gasteiger partial charge in [0.2, 0.25) is 0 Å². The number of fused-ring (bicyclic) bond motifs is 1. The predicted molar refractivity (Wildman–Crippen MR) is 117 cm³/mol. The average molecular weight is 422 g/mol. The first-order valence-corrected chi connectivity index (χ1v) is 9.71. The van der Waals surface area contributed by atoms with Gasteiger partial charge in [0.05, 0.1) is 0 Å². The zero-order chi connectivity index (χ0) is 22.4. The summed E-state index contributed by atoms with van der Waals surface area (Å²) < 4.78 is 12.7. The number of rotatable bonds is 8. The Kier molecular flexibility index (Phi) is 6.72. The van der Waals surface area contributed by atoms with Gasteiger partial charge in [-0.1, -0.05) is 24.1 Å². The van der Waals surface area contributed by atoms with E-state index in [0.717, 1.165) is 5.56 Å². The highest BCUT2D eigenvalue weighted by Crippen LogP contribution is 2.15. The van der Waals surface area contributed by atoms with Gasteiger partial charge in [-0.05, 0) is 37.6 Å². The number of nitrogens with zero attached hydrogens (tertiary/aromatic N) is 3. The van der Waals surface area contributed by atoms with Crippen LogP contribution in [-0.4, -0.2) is 38.3 Å². The molecule has 1 N–H and O–H groups in total. The van der Waals surface area contributed by atoms with Crippen LogP contribution in [0.4, 0.5) is 0 Å².